The number of nitrogens with one attached hydrogen (secondary N) is 2. The van der Waals surface area contributed by atoms with Crippen molar-refractivity contribution < 1.29 is 4.74 Å². The number of hydrogen-bond donors (Lipinski definition) is 2. The second-order valence-electron chi connectivity index (χ2n) is 5.09. The minimum Gasteiger partial charge on any atom is -0.383 e. The molecule has 2 N–H and O–H groups in total. The third-order valence-corrected chi connectivity index (χ3v) is 3.80. The zero-order chi connectivity index (χ0) is 10.6. The molecule has 0 radical (unpaired) electrons. The molecule has 3 nitrogen and oxygen atoms in total. The summed E-state index contributed by atoms with van der Waals surface area (Å²) in [4.78, 5) is 0. The lowest BCUT2D eigenvalue weighted by Gasteiger charge is -2.35. The van der Waals surface area contributed by atoms with Crippen LogP contribution >= 0.6 is 0 Å². The Bertz CT molecular complexity index is 184. The van der Waals surface area contributed by atoms with E-state index in [1.165, 1.54) is 45.1 Å². The van der Waals surface area contributed by atoms with Crippen LogP contribution in [0.25, 0.3) is 0 Å². The fraction of sp³-hybridized carbons (Fsp3) is 1.00. The van der Waals surface area contributed by atoms with Crippen molar-refractivity contribution in [2.45, 2.75) is 50.1 Å². The molecule has 2 heterocycles. The number of hydrogen-bond acceptors (Lipinski definition) is 3. The molecule has 2 saturated heterocycles. The maximum absolute atomic E-state index is 5.38. The Labute approximate surface area is 93.0 Å². The lowest BCUT2D eigenvalue weighted by molar-refractivity contribution is 0.104. The Morgan fingerprint density at radius 2 is 2.20 bits per heavy atom. The summed E-state index contributed by atoms with van der Waals surface area (Å²) < 4.78 is 5.38. The highest BCUT2D eigenvalue weighted by atomic mass is 16.5. The van der Waals surface area contributed by atoms with Crippen LogP contribution in [0.5, 0.6) is 0 Å². The number of rotatable bonds is 4. The van der Waals surface area contributed by atoms with Gasteiger partial charge in [-0.3, -0.25) is 0 Å². The average Bonchev–Trinajstić information content (AvgIpc) is 2.69. The summed E-state index contributed by atoms with van der Waals surface area (Å²) in [5.74, 6) is 0. The SMILES string of the molecule is COCC1(CC2CCCCN2)CCCN1. The van der Waals surface area contributed by atoms with E-state index in [1.54, 1.807) is 0 Å². The second kappa shape index (κ2) is 5.28. The minimum atomic E-state index is 0.268. The van der Waals surface area contributed by atoms with Crippen LogP contribution in [0.15, 0.2) is 0 Å². The van der Waals surface area contributed by atoms with Crippen LogP contribution in [0.3, 0.4) is 0 Å². The topological polar surface area (TPSA) is 33.3 Å². The summed E-state index contributed by atoms with van der Waals surface area (Å²) in [7, 11) is 1.82. The molecular weight excluding hydrogens is 188 g/mol. The highest BCUT2D eigenvalue weighted by Crippen LogP contribution is 2.27. The molecule has 0 aromatic heterocycles. The fourth-order valence-corrected chi connectivity index (χ4v) is 3.07. The predicted molar refractivity (Wildman–Crippen MR) is 62.1 cm³/mol. The molecule has 0 aromatic rings. The van der Waals surface area contributed by atoms with Gasteiger partial charge in [-0.25, -0.2) is 0 Å². The first-order valence-corrected chi connectivity index (χ1v) is 6.32. The molecule has 0 aliphatic carbocycles. The van der Waals surface area contributed by atoms with Crippen molar-refractivity contribution in [2.24, 2.45) is 0 Å². The Hall–Kier alpha value is -0.120. The van der Waals surface area contributed by atoms with Gasteiger partial charge >= 0.3 is 0 Å². The summed E-state index contributed by atoms with van der Waals surface area (Å²) in [6.45, 7) is 3.23. The lowest BCUT2D eigenvalue weighted by Crippen LogP contribution is -2.50. The van der Waals surface area contributed by atoms with Gasteiger partial charge in [0.1, 0.15) is 0 Å². The standard InChI is InChI=1S/C12H24N2O/c1-15-10-12(6-4-8-14-12)9-11-5-2-3-7-13-11/h11,13-14H,2-10H2,1H3. The molecule has 2 fully saturated rings. The van der Waals surface area contributed by atoms with E-state index in [-0.39, 0.29) is 5.54 Å². The first-order chi connectivity index (χ1) is 7.35. The number of methoxy groups -OCH3 is 1. The molecule has 2 aliphatic heterocycles. The van der Waals surface area contributed by atoms with Crippen LogP contribution in [0, 0.1) is 0 Å². The molecule has 0 spiro atoms. The number of ether oxygens (including phenoxy) is 1. The molecule has 0 amide bonds. The van der Waals surface area contributed by atoms with E-state index in [1.807, 2.05) is 7.11 Å². The van der Waals surface area contributed by atoms with Crippen molar-refractivity contribution in [1.29, 1.82) is 0 Å². The monoisotopic (exact) mass is 212 g/mol. The van der Waals surface area contributed by atoms with Gasteiger partial charge in [0.2, 0.25) is 0 Å². The molecule has 2 atom stereocenters. The normalized spacial score (nSPS) is 37.0. The number of piperidine rings is 1. The van der Waals surface area contributed by atoms with Gasteiger partial charge in [0.25, 0.3) is 0 Å². The van der Waals surface area contributed by atoms with Crippen molar-refractivity contribution in [2.75, 3.05) is 26.8 Å². The molecule has 0 saturated carbocycles. The van der Waals surface area contributed by atoms with E-state index in [0.29, 0.717) is 6.04 Å². The molecule has 88 valence electrons. The molecule has 0 bridgehead atoms. The van der Waals surface area contributed by atoms with Crippen LogP contribution in [-0.2, 0) is 4.74 Å². The summed E-state index contributed by atoms with van der Waals surface area (Å²) in [5, 5.41) is 7.29. The van der Waals surface area contributed by atoms with Crippen LogP contribution in [0.1, 0.15) is 38.5 Å². The van der Waals surface area contributed by atoms with Crippen molar-refractivity contribution in [3.63, 3.8) is 0 Å². The lowest BCUT2D eigenvalue weighted by atomic mass is 9.87. The molecule has 3 heteroatoms. The summed E-state index contributed by atoms with van der Waals surface area (Å²) in [5.41, 5.74) is 0.268. The van der Waals surface area contributed by atoms with Gasteiger partial charge in [0.05, 0.1) is 6.61 Å². The van der Waals surface area contributed by atoms with Gasteiger partial charge in [-0.05, 0) is 45.2 Å². The molecule has 0 aromatic carbocycles. The highest BCUT2D eigenvalue weighted by Gasteiger charge is 2.35. The maximum atomic E-state index is 5.38. The fourth-order valence-electron chi connectivity index (χ4n) is 3.07. The van der Waals surface area contributed by atoms with E-state index >= 15 is 0 Å². The summed E-state index contributed by atoms with van der Waals surface area (Å²) in [6.07, 6.45) is 7.89. The molecule has 15 heavy (non-hydrogen) atoms. The van der Waals surface area contributed by atoms with Crippen LogP contribution in [0.4, 0.5) is 0 Å². The largest absolute Gasteiger partial charge is 0.383 e. The van der Waals surface area contributed by atoms with E-state index in [0.717, 1.165) is 13.2 Å². The first-order valence-electron chi connectivity index (χ1n) is 6.32. The quantitative estimate of drug-likeness (QED) is 0.736. The van der Waals surface area contributed by atoms with Crippen molar-refractivity contribution in [3.8, 4) is 0 Å². The highest BCUT2D eigenvalue weighted by molar-refractivity contribution is 4.96. The van der Waals surface area contributed by atoms with Gasteiger partial charge in [-0.1, -0.05) is 6.42 Å². The zero-order valence-corrected chi connectivity index (χ0v) is 9.85. The molecule has 2 aliphatic rings. The van der Waals surface area contributed by atoms with Crippen LogP contribution in [-0.4, -0.2) is 38.4 Å². The molecule has 2 unspecified atom stereocenters. The van der Waals surface area contributed by atoms with Crippen molar-refractivity contribution in [1.82, 2.24) is 10.6 Å². The van der Waals surface area contributed by atoms with Crippen molar-refractivity contribution in [3.05, 3.63) is 0 Å². The minimum absolute atomic E-state index is 0.268. The van der Waals surface area contributed by atoms with E-state index in [2.05, 4.69) is 10.6 Å². The second-order valence-corrected chi connectivity index (χ2v) is 5.09. The van der Waals surface area contributed by atoms with E-state index in [9.17, 15) is 0 Å². The van der Waals surface area contributed by atoms with Crippen LogP contribution < -0.4 is 10.6 Å². The van der Waals surface area contributed by atoms with E-state index in [4.69, 9.17) is 4.74 Å². The molecular formula is C12H24N2O. The van der Waals surface area contributed by atoms with Gasteiger partial charge in [0.15, 0.2) is 0 Å². The Kier molecular flexibility index (Phi) is 4.00. The average molecular weight is 212 g/mol. The molecule has 2 rings (SSSR count). The van der Waals surface area contributed by atoms with Gasteiger partial charge in [-0.15, -0.1) is 0 Å². The van der Waals surface area contributed by atoms with Crippen LogP contribution in [0.2, 0.25) is 0 Å². The predicted octanol–water partition coefficient (Wildman–Crippen LogP) is 1.29. The zero-order valence-electron chi connectivity index (χ0n) is 9.85. The van der Waals surface area contributed by atoms with Gasteiger partial charge in [-0.2, -0.15) is 0 Å². The third-order valence-electron chi connectivity index (χ3n) is 3.80. The Morgan fingerprint density at radius 3 is 2.80 bits per heavy atom. The Morgan fingerprint density at radius 1 is 1.27 bits per heavy atom. The smallest absolute Gasteiger partial charge is 0.0645 e. The van der Waals surface area contributed by atoms with Crippen molar-refractivity contribution >= 4 is 0 Å². The summed E-state index contributed by atoms with van der Waals surface area (Å²) >= 11 is 0. The van der Waals surface area contributed by atoms with E-state index < -0.39 is 0 Å². The third kappa shape index (κ3) is 2.92. The van der Waals surface area contributed by atoms with Gasteiger partial charge in [0, 0.05) is 18.7 Å². The summed E-state index contributed by atoms with van der Waals surface area (Å²) in [6, 6.07) is 0.708. The van der Waals surface area contributed by atoms with Gasteiger partial charge < -0.3 is 15.4 Å². The Balaban J connectivity index is 1.87. The first kappa shape index (κ1) is 11.4. The maximum Gasteiger partial charge on any atom is 0.0645 e.